The lowest BCUT2D eigenvalue weighted by Gasteiger charge is -2.40. The van der Waals surface area contributed by atoms with Crippen LogP contribution in [-0.2, 0) is 60.9 Å². The molecule has 0 aromatic heterocycles. The Balaban J connectivity index is 2.68. The summed E-state index contributed by atoms with van der Waals surface area (Å²) in [7, 11) is -3.48. The van der Waals surface area contributed by atoms with Crippen LogP contribution >= 0.6 is 30.4 Å². The van der Waals surface area contributed by atoms with E-state index in [-0.39, 0.29) is 36.7 Å². The van der Waals surface area contributed by atoms with Crippen molar-refractivity contribution in [2.24, 2.45) is 0 Å². The number of hydrogen-bond donors (Lipinski definition) is 2. The number of nitrogens with zero attached hydrogens (tertiary/aromatic N) is 4. The summed E-state index contributed by atoms with van der Waals surface area (Å²) < 4.78 is 97.1. The molecule has 0 amide bonds. The van der Waals surface area contributed by atoms with Gasteiger partial charge in [0.05, 0.1) is 5.82 Å². The summed E-state index contributed by atoms with van der Waals surface area (Å²) in [5.41, 5.74) is 1.64. The number of anilines is 1. The van der Waals surface area contributed by atoms with Crippen LogP contribution in [0.4, 0.5) is 5.69 Å². The largest absolute Gasteiger partial charge is 0.368 e. The Hall–Kier alpha value is -1.00. The van der Waals surface area contributed by atoms with Gasteiger partial charge in [0, 0.05) is 120 Å². The summed E-state index contributed by atoms with van der Waals surface area (Å²) in [6.07, 6.45) is 0.278. The molecule has 1 aromatic rings. The molecule has 0 spiro atoms. The lowest BCUT2D eigenvalue weighted by atomic mass is 10.0. The van der Waals surface area contributed by atoms with Gasteiger partial charge in [-0.05, 0) is 44.9 Å². The van der Waals surface area contributed by atoms with Crippen LogP contribution in [-0.4, -0.2) is 159 Å². The van der Waals surface area contributed by atoms with Gasteiger partial charge < -0.3 is 46.8 Å². The van der Waals surface area contributed by atoms with E-state index < -0.39 is 30.4 Å². The van der Waals surface area contributed by atoms with Gasteiger partial charge in [0.15, 0.2) is 0 Å². The van der Waals surface area contributed by atoms with Gasteiger partial charge in [-0.2, -0.15) is 0 Å². The molecule has 1 aromatic carbocycles. The van der Waals surface area contributed by atoms with E-state index in [2.05, 4.69) is 17.2 Å². The van der Waals surface area contributed by atoms with Crippen LogP contribution in [0, 0.1) is 0 Å². The van der Waals surface area contributed by atoms with Crippen molar-refractivity contribution in [3.05, 3.63) is 42.2 Å². The monoisotopic (exact) mass is 862 g/mol. The molecule has 1 aliphatic heterocycles. The lowest BCUT2D eigenvalue weighted by molar-refractivity contribution is 0.108. The maximum Gasteiger partial charge on any atom is 0.344 e. The average molecular weight is 863 g/mol. The highest BCUT2D eigenvalue weighted by molar-refractivity contribution is 7.54. The van der Waals surface area contributed by atoms with Crippen LogP contribution in [0.1, 0.15) is 26.3 Å². The Labute approximate surface area is 328 Å². The van der Waals surface area contributed by atoms with Crippen LogP contribution in [0.2, 0.25) is 0 Å². The average Bonchev–Trinajstić information content (AvgIpc) is 3.15. The third-order valence-corrected chi connectivity index (χ3v) is 16.5. The highest BCUT2D eigenvalue weighted by Crippen LogP contribution is 2.50. The Morgan fingerprint density at radius 2 is 0.982 bits per heavy atom. The zero-order chi connectivity index (χ0) is 41.5. The fourth-order valence-electron chi connectivity index (χ4n) is 5.91. The molecule has 320 valence electrons. The maximum absolute atomic E-state index is 13.8. The van der Waals surface area contributed by atoms with E-state index in [0.717, 1.165) is 11.3 Å². The van der Waals surface area contributed by atoms with Crippen LogP contribution in [0.3, 0.4) is 0 Å². The molecule has 1 aliphatic rings. The van der Waals surface area contributed by atoms with Crippen molar-refractivity contribution in [1.82, 2.24) is 24.9 Å². The summed E-state index contributed by atoms with van der Waals surface area (Å²) >= 11 is 0. The number of rotatable bonds is 21. The van der Waals surface area contributed by atoms with Gasteiger partial charge in [0.25, 0.3) is 0 Å². The van der Waals surface area contributed by atoms with Gasteiger partial charge in [0.2, 0.25) is 0 Å². The molecule has 1 atom stereocenters. The highest BCUT2D eigenvalue weighted by Gasteiger charge is 2.36. The fourth-order valence-corrected chi connectivity index (χ4v) is 10.5. The number of benzene rings is 1. The smallest absolute Gasteiger partial charge is 0.344 e. The SMILES string of the molecule is C=C(Nc1ccc(CC2CN(CP(=O)(OC)OC)CCN(CP(=O)(OC)OC)CCN(CP(=O)(OC)OC)CCN2CP(=O)(OC)OC)cc1)NC(C)(C)C. The van der Waals surface area contributed by atoms with Crippen molar-refractivity contribution in [2.45, 2.75) is 38.8 Å². The minimum atomic E-state index is -3.61. The third-order valence-electron chi connectivity index (χ3n) is 9.10. The van der Waals surface area contributed by atoms with E-state index in [1.807, 2.05) is 64.6 Å². The first-order chi connectivity index (χ1) is 25.7. The molecule has 0 radical (unpaired) electrons. The molecule has 1 fully saturated rings. The summed E-state index contributed by atoms with van der Waals surface area (Å²) in [5, 5.41) is 6.61. The first kappa shape index (κ1) is 50.1. The molecular formula is C33H66N6O12P4. The van der Waals surface area contributed by atoms with Crippen molar-refractivity contribution in [1.29, 1.82) is 0 Å². The molecule has 2 rings (SSSR count). The van der Waals surface area contributed by atoms with Gasteiger partial charge in [-0.15, -0.1) is 0 Å². The first-order valence-electron chi connectivity index (χ1n) is 17.8. The summed E-state index contributed by atoms with van der Waals surface area (Å²) in [6, 6.07) is 7.55. The maximum atomic E-state index is 13.8. The summed E-state index contributed by atoms with van der Waals surface area (Å²) in [4.78, 5) is 7.85. The van der Waals surface area contributed by atoms with E-state index in [1.54, 1.807) is 0 Å². The third kappa shape index (κ3) is 17.4. The lowest BCUT2D eigenvalue weighted by Crippen LogP contribution is -2.51. The normalized spacial score (nSPS) is 18.8. The summed E-state index contributed by atoms with van der Waals surface area (Å²) in [5.74, 6) is 0.662. The van der Waals surface area contributed by atoms with E-state index in [1.165, 1.54) is 56.9 Å². The first-order valence-corrected chi connectivity index (χ1v) is 24.7. The fraction of sp³-hybridized carbons (Fsp3) is 0.758. The molecule has 2 N–H and O–H groups in total. The highest BCUT2D eigenvalue weighted by atomic mass is 31.2. The van der Waals surface area contributed by atoms with Crippen molar-refractivity contribution in [2.75, 3.05) is 133 Å². The number of nitrogens with one attached hydrogen (secondary N) is 2. The summed E-state index contributed by atoms with van der Waals surface area (Å²) in [6.45, 7) is 12.6. The van der Waals surface area contributed by atoms with Gasteiger partial charge in [0.1, 0.15) is 25.1 Å². The second kappa shape index (κ2) is 23.0. The topological polar surface area (TPSA) is 179 Å². The van der Waals surface area contributed by atoms with Gasteiger partial charge in [-0.25, -0.2) is 0 Å². The Kier molecular flexibility index (Phi) is 20.9. The zero-order valence-electron chi connectivity index (χ0n) is 34.6. The molecule has 1 saturated heterocycles. The standard InChI is InChI=1S/C33H66N6O12P4/c1-29(35-33(2,3)4)34-31-15-13-30(14-16-31)23-32-24-38(27-54(42,48-9)49-10)20-19-36(25-52(40,44-5)45-6)17-18-37(26-53(41,46-7)47-8)21-22-39(32)28-55(43,50-11)51-12/h13-16,32,34-35H,1,17-28H2,2-12H3. The van der Waals surface area contributed by atoms with Gasteiger partial charge in [-0.3, -0.25) is 37.9 Å². The van der Waals surface area contributed by atoms with Crippen molar-refractivity contribution >= 4 is 36.1 Å². The van der Waals surface area contributed by atoms with Crippen molar-refractivity contribution in [3.63, 3.8) is 0 Å². The second-order valence-corrected chi connectivity index (χ2v) is 23.1. The van der Waals surface area contributed by atoms with Crippen molar-refractivity contribution in [3.8, 4) is 0 Å². The molecule has 1 unspecified atom stereocenters. The van der Waals surface area contributed by atoms with E-state index in [4.69, 9.17) is 36.2 Å². The van der Waals surface area contributed by atoms with Crippen molar-refractivity contribution < 1.29 is 54.5 Å². The molecule has 0 aliphatic carbocycles. The van der Waals surface area contributed by atoms with E-state index in [0.29, 0.717) is 58.1 Å². The number of hydrogen-bond acceptors (Lipinski definition) is 18. The van der Waals surface area contributed by atoms with Crippen LogP contribution in [0.25, 0.3) is 0 Å². The molecular weight excluding hydrogens is 796 g/mol. The van der Waals surface area contributed by atoms with Crippen LogP contribution < -0.4 is 10.6 Å². The Bertz CT molecular complexity index is 1490. The Morgan fingerprint density at radius 3 is 1.38 bits per heavy atom. The minimum Gasteiger partial charge on any atom is -0.368 e. The zero-order valence-corrected chi connectivity index (χ0v) is 38.1. The molecule has 55 heavy (non-hydrogen) atoms. The van der Waals surface area contributed by atoms with E-state index in [9.17, 15) is 18.3 Å². The Morgan fingerprint density at radius 1 is 0.618 bits per heavy atom. The predicted molar refractivity (Wildman–Crippen MR) is 217 cm³/mol. The van der Waals surface area contributed by atoms with Crippen LogP contribution in [0.5, 0.6) is 0 Å². The molecule has 1 heterocycles. The quantitative estimate of drug-likeness (QED) is 0.140. The predicted octanol–water partition coefficient (Wildman–Crippen LogP) is 5.86. The molecule has 18 nitrogen and oxygen atoms in total. The van der Waals surface area contributed by atoms with Crippen LogP contribution in [0.15, 0.2) is 36.7 Å². The van der Waals surface area contributed by atoms with Gasteiger partial charge >= 0.3 is 30.4 Å². The second-order valence-electron chi connectivity index (χ2n) is 14.1. The molecule has 22 heteroatoms. The van der Waals surface area contributed by atoms with Gasteiger partial charge in [-0.1, -0.05) is 18.7 Å². The minimum absolute atomic E-state index is 0.0292. The van der Waals surface area contributed by atoms with E-state index >= 15 is 0 Å². The molecule has 0 saturated carbocycles. The molecule has 0 bridgehead atoms.